The van der Waals surface area contributed by atoms with E-state index in [1.807, 2.05) is 65.6 Å². The van der Waals surface area contributed by atoms with Crippen molar-refractivity contribution in [1.82, 2.24) is 30.7 Å². The number of carboxylic acids is 1. The van der Waals surface area contributed by atoms with Crippen molar-refractivity contribution >= 4 is 41.2 Å². The fourth-order valence-corrected chi connectivity index (χ4v) is 7.24. The van der Waals surface area contributed by atoms with Gasteiger partial charge in [0.15, 0.2) is 0 Å². The number of hydrogen-bond acceptors (Lipinski definition) is 7. The summed E-state index contributed by atoms with van der Waals surface area (Å²) in [5.41, 5.74) is 0.346. The van der Waals surface area contributed by atoms with Crippen molar-refractivity contribution in [3.05, 3.63) is 60.7 Å². The molecule has 0 aliphatic carbocycles. The third kappa shape index (κ3) is 5.52. The summed E-state index contributed by atoms with van der Waals surface area (Å²) in [6.45, 7) is 1.72. The van der Waals surface area contributed by atoms with Crippen molar-refractivity contribution in [2.75, 3.05) is 62.9 Å². The van der Waals surface area contributed by atoms with E-state index in [0.717, 1.165) is 11.4 Å². The van der Waals surface area contributed by atoms with E-state index in [1.54, 1.807) is 16.8 Å². The monoisotopic (exact) mass is 632 g/mol. The molecule has 4 saturated heterocycles. The van der Waals surface area contributed by atoms with Crippen molar-refractivity contribution in [1.29, 1.82) is 0 Å². The number of likely N-dealkylation sites (N-methyl/N-ethyl adjacent to an activating group) is 1. The summed E-state index contributed by atoms with van der Waals surface area (Å²) < 4.78 is 0. The standard InChI is InChI=1S/C32H40N8O6/c1-36-22-40(24-10-6-3-7-11-24)32(28(36)44)14-18-37(19-15-32)29(45)33-20-25(26(41)42)35-30(46)38-16-12-31(13-17-38)27(43)34-21-39(31)23-8-4-2-5-9-23/h2-11,25H,12-22H2,1H3,(H,33,45)(H,34,43)(H,35,46)(H,41,42). The van der Waals surface area contributed by atoms with Crippen LogP contribution in [0.5, 0.6) is 0 Å². The number of likely N-dealkylation sites (tertiary alicyclic amines) is 2. The molecule has 14 nitrogen and oxygen atoms in total. The van der Waals surface area contributed by atoms with Crippen LogP contribution in [0.25, 0.3) is 0 Å². The number of anilines is 2. The molecule has 4 aliphatic heterocycles. The van der Waals surface area contributed by atoms with Crippen molar-refractivity contribution in [2.45, 2.75) is 42.8 Å². The number of amides is 6. The van der Waals surface area contributed by atoms with Crippen molar-refractivity contribution in [2.24, 2.45) is 0 Å². The highest BCUT2D eigenvalue weighted by Crippen LogP contribution is 2.39. The zero-order valence-corrected chi connectivity index (χ0v) is 25.9. The molecule has 4 heterocycles. The van der Waals surface area contributed by atoms with E-state index in [-0.39, 0.29) is 31.4 Å². The minimum atomic E-state index is -1.35. The Morgan fingerprint density at radius 3 is 1.89 bits per heavy atom. The third-order valence-electron chi connectivity index (χ3n) is 9.90. The molecular formula is C32H40N8O6. The maximum atomic E-state index is 13.3. The lowest BCUT2D eigenvalue weighted by Crippen LogP contribution is -2.61. The number of benzene rings is 2. The van der Waals surface area contributed by atoms with Gasteiger partial charge >= 0.3 is 18.0 Å². The fourth-order valence-electron chi connectivity index (χ4n) is 7.24. The molecule has 4 fully saturated rings. The van der Waals surface area contributed by atoms with E-state index < -0.39 is 35.2 Å². The molecule has 0 radical (unpaired) electrons. The number of carboxylic acid groups (broad SMARTS) is 1. The molecule has 6 rings (SSSR count). The quantitative estimate of drug-likeness (QED) is 0.368. The summed E-state index contributed by atoms with van der Waals surface area (Å²) in [6.07, 6.45) is 1.67. The molecule has 14 heteroatoms. The minimum Gasteiger partial charge on any atom is -0.480 e. The number of rotatable bonds is 6. The second kappa shape index (κ2) is 12.4. The Bertz CT molecular complexity index is 1470. The van der Waals surface area contributed by atoms with Crippen LogP contribution in [0.2, 0.25) is 0 Å². The lowest BCUT2D eigenvalue weighted by Gasteiger charge is -2.43. The van der Waals surface area contributed by atoms with Gasteiger partial charge in [-0.1, -0.05) is 36.4 Å². The predicted octanol–water partition coefficient (Wildman–Crippen LogP) is 1.06. The van der Waals surface area contributed by atoms with E-state index >= 15 is 0 Å². The van der Waals surface area contributed by atoms with Gasteiger partial charge in [0.1, 0.15) is 17.1 Å². The highest BCUT2D eigenvalue weighted by molar-refractivity contribution is 5.94. The summed E-state index contributed by atoms with van der Waals surface area (Å²) in [4.78, 5) is 73.4. The van der Waals surface area contributed by atoms with Crippen LogP contribution in [-0.4, -0.2) is 120 Å². The first-order chi connectivity index (χ1) is 22.1. The van der Waals surface area contributed by atoms with Gasteiger partial charge in [-0.15, -0.1) is 0 Å². The minimum absolute atomic E-state index is 0.0232. The second-order valence-electron chi connectivity index (χ2n) is 12.4. The molecule has 2 spiro atoms. The van der Waals surface area contributed by atoms with Gasteiger partial charge in [-0.05, 0) is 49.9 Å². The zero-order chi connectivity index (χ0) is 32.5. The normalized spacial score (nSPS) is 21.0. The molecule has 2 aromatic carbocycles. The van der Waals surface area contributed by atoms with Crippen LogP contribution >= 0.6 is 0 Å². The lowest BCUT2D eigenvalue weighted by molar-refractivity contribution is -0.139. The fraction of sp³-hybridized carbons (Fsp3) is 0.469. The van der Waals surface area contributed by atoms with Gasteiger partial charge in [0.2, 0.25) is 11.8 Å². The summed E-state index contributed by atoms with van der Waals surface area (Å²) in [7, 11) is 1.78. The Kier molecular flexibility index (Phi) is 8.36. The van der Waals surface area contributed by atoms with E-state index in [4.69, 9.17) is 0 Å². The van der Waals surface area contributed by atoms with Crippen LogP contribution < -0.4 is 25.8 Å². The number of carbonyl (C=O) groups excluding carboxylic acids is 4. The lowest BCUT2D eigenvalue weighted by atomic mass is 9.85. The van der Waals surface area contributed by atoms with Gasteiger partial charge in [-0.25, -0.2) is 14.4 Å². The predicted molar refractivity (Wildman–Crippen MR) is 169 cm³/mol. The first kappa shape index (κ1) is 31.0. The van der Waals surface area contributed by atoms with Crippen LogP contribution in [0.4, 0.5) is 21.0 Å². The molecule has 46 heavy (non-hydrogen) atoms. The maximum Gasteiger partial charge on any atom is 0.328 e. The molecule has 244 valence electrons. The van der Waals surface area contributed by atoms with E-state index in [1.165, 1.54) is 4.90 Å². The SMILES string of the molecule is CN1CN(c2ccccc2)C2(CCN(C(=O)NCC(NC(=O)N3CCC4(CC3)C(=O)NCN4c3ccccc3)C(=O)O)CC2)C1=O. The van der Waals surface area contributed by atoms with Gasteiger partial charge in [0.25, 0.3) is 0 Å². The summed E-state index contributed by atoms with van der Waals surface area (Å²) in [6, 6.07) is 17.0. The van der Waals surface area contributed by atoms with Crippen LogP contribution in [0.1, 0.15) is 25.7 Å². The van der Waals surface area contributed by atoms with E-state index in [9.17, 15) is 29.1 Å². The number of nitrogens with zero attached hydrogens (tertiary/aromatic N) is 5. The number of para-hydroxylation sites is 2. The summed E-state index contributed by atoms with van der Waals surface area (Å²) >= 11 is 0. The van der Waals surface area contributed by atoms with Gasteiger partial charge < -0.3 is 45.6 Å². The Morgan fingerprint density at radius 2 is 1.33 bits per heavy atom. The number of nitrogens with one attached hydrogen (secondary N) is 3. The number of hydrogen-bond donors (Lipinski definition) is 4. The van der Waals surface area contributed by atoms with Crippen molar-refractivity contribution in [3.63, 3.8) is 0 Å². The number of carbonyl (C=O) groups is 5. The number of aliphatic carboxylic acids is 1. The first-order valence-electron chi connectivity index (χ1n) is 15.6. The van der Waals surface area contributed by atoms with Crippen LogP contribution in [-0.2, 0) is 14.4 Å². The Balaban J connectivity index is 1.01. The summed E-state index contributed by atoms with van der Waals surface area (Å²) in [5.74, 6) is -1.33. The Morgan fingerprint density at radius 1 is 0.804 bits per heavy atom. The van der Waals surface area contributed by atoms with Crippen molar-refractivity contribution in [3.8, 4) is 0 Å². The zero-order valence-electron chi connectivity index (χ0n) is 25.9. The van der Waals surface area contributed by atoms with Crippen LogP contribution in [0.15, 0.2) is 60.7 Å². The van der Waals surface area contributed by atoms with Crippen LogP contribution in [0, 0.1) is 0 Å². The highest BCUT2D eigenvalue weighted by Gasteiger charge is 2.53. The molecule has 0 aromatic heterocycles. The highest BCUT2D eigenvalue weighted by atomic mass is 16.4. The maximum absolute atomic E-state index is 13.3. The molecule has 1 atom stereocenters. The topological polar surface area (TPSA) is 158 Å². The van der Waals surface area contributed by atoms with Gasteiger partial charge in [-0.3, -0.25) is 9.59 Å². The molecule has 6 amide bonds. The Hall–Kier alpha value is -5.01. The van der Waals surface area contributed by atoms with E-state index in [0.29, 0.717) is 52.1 Å². The molecular weight excluding hydrogens is 592 g/mol. The average Bonchev–Trinajstić information content (AvgIpc) is 3.52. The molecule has 4 N–H and O–H groups in total. The molecule has 2 aromatic rings. The van der Waals surface area contributed by atoms with E-state index in [2.05, 4.69) is 20.9 Å². The first-order valence-corrected chi connectivity index (χ1v) is 15.6. The van der Waals surface area contributed by atoms with Gasteiger partial charge in [0, 0.05) is 44.6 Å². The molecule has 1 unspecified atom stereocenters. The van der Waals surface area contributed by atoms with Crippen LogP contribution in [0.3, 0.4) is 0 Å². The molecule has 4 aliphatic rings. The van der Waals surface area contributed by atoms with Crippen molar-refractivity contribution < 1.29 is 29.1 Å². The number of piperidine rings is 2. The second-order valence-corrected chi connectivity index (χ2v) is 12.4. The average molecular weight is 633 g/mol. The largest absolute Gasteiger partial charge is 0.480 e. The third-order valence-corrected chi connectivity index (χ3v) is 9.90. The Labute approximate surface area is 267 Å². The molecule has 0 saturated carbocycles. The molecule has 0 bridgehead atoms. The summed E-state index contributed by atoms with van der Waals surface area (Å²) in [5, 5.41) is 18.0. The number of urea groups is 2. The van der Waals surface area contributed by atoms with Gasteiger partial charge in [0.05, 0.1) is 19.9 Å². The smallest absolute Gasteiger partial charge is 0.328 e. The van der Waals surface area contributed by atoms with Gasteiger partial charge in [-0.2, -0.15) is 0 Å².